The van der Waals surface area contributed by atoms with E-state index in [1.807, 2.05) is 44.2 Å². The molecular weight excluding hydrogens is 226 g/mol. The van der Waals surface area contributed by atoms with Crippen molar-refractivity contribution in [3.05, 3.63) is 59.4 Å². The summed E-state index contributed by atoms with van der Waals surface area (Å²) >= 11 is 0. The third-order valence-electron chi connectivity index (χ3n) is 2.59. The lowest BCUT2D eigenvalue weighted by atomic mass is 10.2. The number of pyridine rings is 1. The van der Waals surface area contributed by atoms with Crippen LogP contribution in [0, 0.1) is 13.8 Å². The molecule has 1 heterocycles. The van der Waals surface area contributed by atoms with Gasteiger partial charge >= 0.3 is 0 Å². The van der Waals surface area contributed by atoms with Crippen molar-refractivity contribution in [3.8, 4) is 5.75 Å². The van der Waals surface area contributed by atoms with Crippen molar-refractivity contribution in [2.24, 2.45) is 0 Å². The van der Waals surface area contributed by atoms with Gasteiger partial charge in [0.2, 0.25) is 5.78 Å². The summed E-state index contributed by atoms with van der Waals surface area (Å²) in [4.78, 5) is 15.9. The molecule has 0 saturated carbocycles. The first-order valence-corrected chi connectivity index (χ1v) is 5.80. The van der Waals surface area contributed by atoms with Gasteiger partial charge in [0.05, 0.1) is 0 Å². The molecule has 0 aliphatic carbocycles. The van der Waals surface area contributed by atoms with Crippen LogP contribution in [0.3, 0.4) is 0 Å². The summed E-state index contributed by atoms with van der Waals surface area (Å²) in [6.45, 7) is 3.95. The van der Waals surface area contributed by atoms with Gasteiger partial charge in [0, 0.05) is 6.20 Å². The maximum Gasteiger partial charge on any atom is 0.218 e. The van der Waals surface area contributed by atoms with Gasteiger partial charge in [0.25, 0.3) is 0 Å². The summed E-state index contributed by atoms with van der Waals surface area (Å²) in [6.07, 6.45) is 1.68. The molecule has 0 bridgehead atoms. The Bertz CT molecular complexity index is 529. The fourth-order valence-corrected chi connectivity index (χ4v) is 1.49. The van der Waals surface area contributed by atoms with Crippen LogP contribution in [-0.2, 0) is 0 Å². The van der Waals surface area contributed by atoms with Crippen molar-refractivity contribution < 1.29 is 9.53 Å². The second-order valence-corrected chi connectivity index (χ2v) is 4.25. The molecule has 18 heavy (non-hydrogen) atoms. The van der Waals surface area contributed by atoms with Crippen LogP contribution in [0.2, 0.25) is 0 Å². The summed E-state index contributed by atoms with van der Waals surface area (Å²) in [7, 11) is 0. The Labute approximate surface area is 106 Å². The van der Waals surface area contributed by atoms with Gasteiger partial charge in [-0.15, -0.1) is 0 Å². The topological polar surface area (TPSA) is 39.2 Å². The number of ketones is 1. The van der Waals surface area contributed by atoms with Crippen LogP contribution in [0.15, 0.2) is 42.6 Å². The molecule has 2 rings (SSSR count). The van der Waals surface area contributed by atoms with Gasteiger partial charge in [-0.1, -0.05) is 23.8 Å². The van der Waals surface area contributed by atoms with Crippen LogP contribution in [-0.4, -0.2) is 17.4 Å². The van der Waals surface area contributed by atoms with Gasteiger partial charge in [-0.2, -0.15) is 0 Å². The highest BCUT2D eigenvalue weighted by Crippen LogP contribution is 2.11. The number of carbonyl (C=O) groups is 1. The number of hydrogen-bond donors (Lipinski definition) is 0. The van der Waals surface area contributed by atoms with Crippen LogP contribution in [0.1, 0.15) is 21.6 Å². The van der Waals surface area contributed by atoms with Gasteiger partial charge in [0.15, 0.2) is 6.61 Å². The minimum Gasteiger partial charge on any atom is -0.485 e. The van der Waals surface area contributed by atoms with Crippen molar-refractivity contribution >= 4 is 5.78 Å². The van der Waals surface area contributed by atoms with Crippen molar-refractivity contribution in [1.82, 2.24) is 4.98 Å². The summed E-state index contributed by atoms with van der Waals surface area (Å²) < 4.78 is 5.42. The molecule has 0 aliphatic rings. The Morgan fingerprint density at radius 2 is 1.72 bits per heavy atom. The fourth-order valence-electron chi connectivity index (χ4n) is 1.49. The molecule has 0 saturated heterocycles. The molecule has 3 nitrogen and oxygen atoms in total. The molecule has 0 N–H and O–H groups in total. The van der Waals surface area contributed by atoms with Gasteiger partial charge in [0.1, 0.15) is 11.4 Å². The summed E-state index contributed by atoms with van der Waals surface area (Å²) in [5.41, 5.74) is 2.63. The second-order valence-electron chi connectivity index (χ2n) is 4.25. The molecule has 0 fully saturated rings. The van der Waals surface area contributed by atoms with E-state index in [1.54, 1.807) is 12.3 Å². The van der Waals surface area contributed by atoms with Crippen LogP contribution < -0.4 is 4.74 Å². The molecule has 3 heteroatoms. The number of Topliss-reactive ketones (excluding diaryl/α,β-unsaturated/α-hetero) is 1. The standard InChI is InChI=1S/C15H15NO2/c1-11-3-6-13(7-4-11)18-10-15(17)14-8-5-12(2)9-16-14/h3-9H,10H2,1-2H3. The molecule has 1 aromatic heterocycles. The Hall–Kier alpha value is -2.16. The Balaban J connectivity index is 1.96. The lowest BCUT2D eigenvalue weighted by Gasteiger charge is -2.05. The quantitative estimate of drug-likeness (QED) is 0.772. The molecule has 0 amide bonds. The minimum absolute atomic E-state index is 0.0130. The highest BCUT2D eigenvalue weighted by Gasteiger charge is 2.07. The maximum absolute atomic E-state index is 11.8. The monoisotopic (exact) mass is 241 g/mol. The Morgan fingerprint density at radius 3 is 2.33 bits per heavy atom. The summed E-state index contributed by atoms with van der Waals surface area (Å²) in [5.74, 6) is 0.580. The van der Waals surface area contributed by atoms with E-state index in [0.717, 1.165) is 11.1 Å². The summed E-state index contributed by atoms with van der Waals surface area (Å²) in [6, 6.07) is 11.2. The predicted octanol–water partition coefficient (Wildman–Crippen LogP) is 2.96. The lowest BCUT2D eigenvalue weighted by Crippen LogP contribution is -2.13. The van der Waals surface area contributed by atoms with Crippen molar-refractivity contribution in [1.29, 1.82) is 0 Å². The number of hydrogen-bond acceptors (Lipinski definition) is 3. The number of rotatable bonds is 4. The molecule has 0 unspecified atom stereocenters. The maximum atomic E-state index is 11.8. The first-order valence-electron chi connectivity index (χ1n) is 5.80. The van der Waals surface area contributed by atoms with Crippen molar-refractivity contribution in [2.45, 2.75) is 13.8 Å². The van der Waals surface area contributed by atoms with E-state index in [2.05, 4.69) is 4.98 Å². The highest BCUT2D eigenvalue weighted by atomic mass is 16.5. The first kappa shape index (κ1) is 12.3. The van der Waals surface area contributed by atoms with Crippen LogP contribution in [0.4, 0.5) is 0 Å². The van der Waals surface area contributed by atoms with Gasteiger partial charge < -0.3 is 4.74 Å². The number of aromatic nitrogens is 1. The molecule has 0 spiro atoms. The zero-order valence-corrected chi connectivity index (χ0v) is 10.5. The van der Waals surface area contributed by atoms with Crippen molar-refractivity contribution in [3.63, 3.8) is 0 Å². The SMILES string of the molecule is Cc1ccc(OCC(=O)c2ccc(C)cn2)cc1. The third-order valence-corrected chi connectivity index (χ3v) is 2.59. The largest absolute Gasteiger partial charge is 0.485 e. The number of nitrogens with zero attached hydrogens (tertiary/aromatic N) is 1. The van der Waals surface area contributed by atoms with E-state index in [4.69, 9.17) is 4.74 Å². The van der Waals surface area contributed by atoms with E-state index >= 15 is 0 Å². The Kier molecular flexibility index (Phi) is 3.72. The number of ether oxygens (including phenoxy) is 1. The first-order chi connectivity index (χ1) is 8.65. The third kappa shape index (κ3) is 3.17. The van der Waals surface area contributed by atoms with Crippen LogP contribution in [0.25, 0.3) is 0 Å². The average molecular weight is 241 g/mol. The highest BCUT2D eigenvalue weighted by molar-refractivity contribution is 5.95. The number of carbonyl (C=O) groups excluding carboxylic acids is 1. The smallest absolute Gasteiger partial charge is 0.218 e. The molecule has 1 aromatic carbocycles. The number of aryl methyl sites for hydroxylation is 2. The Morgan fingerprint density at radius 1 is 1.06 bits per heavy atom. The molecule has 0 aliphatic heterocycles. The second kappa shape index (κ2) is 5.45. The van der Waals surface area contributed by atoms with Gasteiger partial charge in [-0.05, 0) is 37.6 Å². The molecule has 2 aromatic rings. The normalized spacial score (nSPS) is 10.1. The average Bonchev–Trinajstić information content (AvgIpc) is 2.38. The van der Waals surface area contributed by atoms with Crippen LogP contribution >= 0.6 is 0 Å². The fraction of sp³-hybridized carbons (Fsp3) is 0.200. The summed E-state index contributed by atoms with van der Waals surface area (Å²) in [5, 5.41) is 0. The zero-order chi connectivity index (χ0) is 13.0. The van der Waals surface area contributed by atoms with Crippen LogP contribution in [0.5, 0.6) is 5.75 Å². The molecular formula is C15H15NO2. The predicted molar refractivity (Wildman–Crippen MR) is 70.0 cm³/mol. The molecule has 92 valence electrons. The molecule has 0 atom stereocenters. The van der Waals surface area contributed by atoms with Gasteiger partial charge in [-0.3, -0.25) is 9.78 Å². The van der Waals surface area contributed by atoms with E-state index in [0.29, 0.717) is 11.4 Å². The molecule has 0 radical (unpaired) electrons. The lowest BCUT2D eigenvalue weighted by molar-refractivity contribution is 0.0916. The van der Waals surface area contributed by atoms with E-state index in [9.17, 15) is 4.79 Å². The van der Waals surface area contributed by atoms with E-state index in [1.165, 1.54) is 0 Å². The van der Waals surface area contributed by atoms with E-state index in [-0.39, 0.29) is 12.4 Å². The number of benzene rings is 1. The van der Waals surface area contributed by atoms with Gasteiger partial charge in [-0.25, -0.2) is 0 Å². The zero-order valence-electron chi connectivity index (χ0n) is 10.5. The minimum atomic E-state index is -0.115. The van der Waals surface area contributed by atoms with Crippen molar-refractivity contribution in [2.75, 3.05) is 6.61 Å². The van der Waals surface area contributed by atoms with E-state index < -0.39 is 0 Å².